The number of pyridine rings is 1. The molecule has 4 aliphatic rings. The van der Waals surface area contributed by atoms with Crippen LogP contribution in [0.15, 0.2) is 85.1 Å². The highest BCUT2D eigenvalue weighted by atomic mass is 16.5. The van der Waals surface area contributed by atoms with Crippen LogP contribution in [0.25, 0.3) is 10.9 Å². The Morgan fingerprint density at radius 2 is 1.34 bits per heavy atom. The van der Waals surface area contributed by atoms with Gasteiger partial charge in [0.2, 0.25) is 0 Å². The van der Waals surface area contributed by atoms with Gasteiger partial charge in [-0.05, 0) is 109 Å². The fraction of sp³-hybridized carbons (Fsp3) is 0.303. The summed E-state index contributed by atoms with van der Waals surface area (Å²) in [5.41, 5.74) is 4.33. The Labute approximate surface area is 221 Å². The number of hydrogen-bond acceptors (Lipinski definition) is 4. The monoisotopic (exact) mass is 503 g/mol. The summed E-state index contributed by atoms with van der Waals surface area (Å²) in [6.07, 6.45) is 8.80. The van der Waals surface area contributed by atoms with Crippen LogP contribution in [0.5, 0.6) is 5.75 Å². The van der Waals surface area contributed by atoms with Crippen molar-refractivity contribution < 1.29 is 19.4 Å². The molecule has 4 saturated carbocycles. The van der Waals surface area contributed by atoms with E-state index in [-0.39, 0.29) is 16.8 Å². The number of hydrogen-bond donors (Lipinski definition) is 1. The van der Waals surface area contributed by atoms with E-state index in [1.165, 1.54) is 43.2 Å². The van der Waals surface area contributed by atoms with Crippen molar-refractivity contribution in [3.05, 3.63) is 107 Å². The van der Waals surface area contributed by atoms with Crippen LogP contribution in [0, 0.1) is 11.8 Å². The van der Waals surface area contributed by atoms with Gasteiger partial charge in [-0.1, -0.05) is 42.5 Å². The van der Waals surface area contributed by atoms with Crippen molar-refractivity contribution in [2.24, 2.45) is 11.8 Å². The molecule has 38 heavy (non-hydrogen) atoms. The lowest BCUT2D eigenvalue weighted by Crippen LogP contribution is -2.55. The molecule has 5 nitrogen and oxygen atoms in total. The molecule has 4 bridgehead atoms. The maximum Gasteiger partial charge on any atom is 0.343 e. The second-order valence-corrected chi connectivity index (χ2v) is 11.7. The van der Waals surface area contributed by atoms with E-state index < -0.39 is 5.97 Å². The van der Waals surface area contributed by atoms with Gasteiger partial charge in [-0.25, -0.2) is 9.59 Å². The van der Waals surface area contributed by atoms with Crippen LogP contribution in [0.3, 0.4) is 0 Å². The fourth-order valence-corrected chi connectivity index (χ4v) is 8.18. The quantitative estimate of drug-likeness (QED) is 0.236. The lowest BCUT2D eigenvalue weighted by molar-refractivity contribution is -0.0281. The highest BCUT2D eigenvalue weighted by Gasteiger charge is 2.58. The van der Waals surface area contributed by atoms with Gasteiger partial charge in [0.05, 0.1) is 11.1 Å². The molecule has 0 saturated heterocycles. The summed E-state index contributed by atoms with van der Waals surface area (Å²) in [6, 6.07) is 25.1. The minimum atomic E-state index is -0.881. The molecular formula is C33H29NO4. The van der Waals surface area contributed by atoms with Crippen LogP contribution in [0.1, 0.15) is 70.4 Å². The minimum absolute atomic E-state index is 0.0948. The largest absolute Gasteiger partial charge is 0.478 e. The first kappa shape index (κ1) is 23.2. The van der Waals surface area contributed by atoms with E-state index in [0.717, 1.165) is 11.8 Å². The van der Waals surface area contributed by atoms with Gasteiger partial charge in [0.1, 0.15) is 5.52 Å². The van der Waals surface area contributed by atoms with E-state index >= 15 is 0 Å². The van der Waals surface area contributed by atoms with Gasteiger partial charge in [-0.2, -0.15) is 0 Å². The molecule has 2 unspecified atom stereocenters. The Bertz CT molecular complexity index is 1540. The zero-order chi connectivity index (χ0) is 25.9. The summed E-state index contributed by atoms with van der Waals surface area (Å²) >= 11 is 0. The average Bonchev–Trinajstić information content (AvgIpc) is 2.93. The van der Waals surface area contributed by atoms with Gasteiger partial charge in [-0.3, -0.25) is 4.98 Å². The number of aromatic nitrogens is 1. The summed E-state index contributed by atoms with van der Waals surface area (Å²) in [6.45, 7) is 0. The van der Waals surface area contributed by atoms with E-state index in [1.54, 1.807) is 24.4 Å². The van der Waals surface area contributed by atoms with Gasteiger partial charge >= 0.3 is 11.9 Å². The summed E-state index contributed by atoms with van der Waals surface area (Å²) in [5, 5.41) is 10.3. The maximum absolute atomic E-state index is 13.0. The number of ether oxygens (including phenoxy) is 1. The molecule has 1 heterocycles. The molecule has 4 fully saturated rings. The summed E-state index contributed by atoms with van der Waals surface area (Å²) < 4.78 is 5.76. The second kappa shape index (κ2) is 8.52. The van der Waals surface area contributed by atoms with E-state index in [0.29, 0.717) is 34.2 Å². The first-order chi connectivity index (χ1) is 18.4. The number of rotatable bonds is 5. The van der Waals surface area contributed by atoms with Crippen molar-refractivity contribution >= 4 is 22.8 Å². The maximum atomic E-state index is 13.0. The molecule has 0 amide bonds. The SMILES string of the molecule is O=C(O)c1ccc(C23CC4CC(C2)CC(c2ccc(C(=O)Oc5cccc6cccnc56)cc2)(C4)C3)cc1. The molecule has 1 N–H and O–H groups in total. The van der Waals surface area contributed by atoms with Crippen molar-refractivity contribution in [3.8, 4) is 5.75 Å². The number of carboxylic acid groups (broad SMARTS) is 1. The zero-order valence-electron chi connectivity index (χ0n) is 21.1. The number of para-hydroxylation sites is 1. The molecular weight excluding hydrogens is 474 g/mol. The molecule has 190 valence electrons. The van der Waals surface area contributed by atoms with E-state index in [9.17, 15) is 14.7 Å². The Morgan fingerprint density at radius 3 is 1.95 bits per heavy atom. The third-order valence-corrected chi connectivity index (χ3v) is 9.34. The predicted octanol–water partition coefficient (Wildman–Crippen LogP) is 6.94. The first-order valence-electron chi connectivity index (χ1n) is 13.4. The number of carbonyl (C=O) groups is 2. The molecule has 5 heteroatoms. The lowest BCUT2D eigenvalue weighted by Gasteiger charge is -2.62. The van der Waals surface area contributed by atoms with Crippen LogP contribution in [-0.2, 0) is 10.8 Å². The standard InChI is InChI=1S/C33H29NO4/c35-30(36)24-6-10-26(11-7-24)32-16-21-15-22(17-32)19-33(18-21,20-32)27-12-8-25(9-13-27)31(37)38-28-5-1-3-23-4-2-14-34-29(23)28/h1-14,21-22H,15-20H2,(H,35,36). The van der Waals surface area contributed by atoms with E-state index in [4.69, 9.17) is 4.74 Å². The number of nitrogens with zero attached hydrogens (tertiary/aromatic N) is 1. The molecule has 4 aromatic rings. The normalized spacial score (nSPS) is 27.4. The number of aromatic carboxylic acids is 1. The van der Waals surface area contributed by atoms with Crippen LogP contribution >= 0.6 is 0 Å². The van der Waals surface area contributed by atoms with Gasteiger partial charge < -0.3 is 9.84 Å². The second-order valence-electron chi connectivity index (χ2n) is 11.7. The highest BCUT2D eigenvalue weighted by Crippen LogP contribution is 2.66. The van der Waals surface area contributed by atoms with Crippen molar-refractivity contribution in [2.75, 3.05) is 0 Å². The van der Waals surface area contributed by atoms with Gasteiger partial charge in [0.15, 0.2) is 5.75 Å². The average molecular weight is 504 g/mol. The first-order valence-corrected chi connectivity index (χ1v) is 13.4. The summed E-state index contributed by atoms with van der Waals surface area (Å²) in [4.78, 5) is 28.8. The third-order valence-electron chi connectivity index (χ3n) is 9.34. The topological polar surface area (TPSA) is 76.5 Å². The van der Waals surface area contributed by atoms with Crippen molar-refractivity contribution in [3.63, 3.8) is 0 Å². The molecule has 2 atom stereocenters. The molecule has 4 aliphatic carbocycles. The minimum Gasteiger partial charge on any atom is -0.478 e. The van der Waals surface area contributed by atoms with E-state index in [2.05, 4.69) is 17.1 Å². The molecule has 3 aromatic carbocycles. The van der Waals surface area contributed by atoms with Crippen molar-refractivity contribution in [1.29, 1.82) is 0 Å². The van der Waals surface area contributed by atoms with Crippen LogP contribution in [-0.4, -0.2) is 22.0 Å². The number of fused-ring (bicyclic) bond motifs is 1. The molecule has 0 aliphatic heterocycles. The van der Waals surface area contributed by atoms with Gasteiger partial charge in [-0.15, -0.1) is 0 Å². The Morgan fingerprint density at radius 1 is 0.763 bits per heavy atom. The summed E-state index contributed by atoms with van der Waals surface area (Å²) in [5.74, 6) is 0.566. The lowest BCUT2D eigenvalue weighted by atomic mass is 9.41. The van der Waals surface area contributed by atoms with Gasteiger partial charge in [0, 0.05) is 11.6 Å². The Kier molecular flexibility index (Phi) is 5.19. The Balaban J connectivity index is 1.16. The van der Waals surface area contributed by atoms with Crippen LogP contribution in [0.4, 0.5) is 0 Å². The van der Waals surface area contributed by atoms with Crippen molar-refractivity contribution in [1.82, 2.24) is 4.98 Å². The van der Waals surface area contributed by atoms with Crippen molar-refractivity contribution in [2.45, 2.75) is 49.4 Å². The van der Waals surface area contributed by atoms with Crippen LogP contribution < -0.4 is 4.74 Å². The van der Waals surface area contributed by atoms with Crippen LogP contribution in [0.2, 0.25) is 0 Å². The number of carboxylic acids is 1. The highest BCUT2D eigenvalue weighted by molar-refractivity contribution is 5.94. The van der Waals surface area contributed by atoms with Gasteiger partial charge in [0.25, 0.3) is 0 Å². The predicted molar refractivity (Wildman–Crippen MR) is 145 cm³/mol. The van der Waals surface area contributed by atoms with E-state index in [1.807, 2.05) is 48.5 Å². The number of carbonyl (C=O) groups excluding carboxylic acids is 1. The third kappa shape index (κ3) is 3.72. The fourth-order valence-electron chi connectivity index (χ4n) is 8.18. The zero-order valence-corrected chi connectivity index (χ0v) is 21.1. The summed E-state index contributed by atoms with van der Waals surface area (Å²) in [7, 11) is 0. The number of benzene rings is 3. The Hall–Kier alpha value is -3.99. The number of esters is 1. The molecule has 0 spiro atoms. The molecule has 0 radical (unpaired) electrons. The smallest absolute Gasteiger partial charge is 0.343 e. The molecule has 8 rings (SSSR count). The molecule has 1 aromatic heterocycles.